The number of hydrogen-bond acceptors (Lipinski definition) is 5. The van der Waals surface area contributed by atoms with Crippen LogP contribution in [0, 0.1) is 0 Å². The van der Waals surface area contributed by atoms with Gasteiger partial charge in [-0.2, -0.15) is 0 Å². The SMILES string of the molecule is COc1ccccc1N1CCN(CCCCCc2cccc(NC(=O)CS(C)=O)c2)CC1. The molecule has 6 nitrogen and oxygen atoms in total. The summed E-state index contributed by atoms with van der Waals surface area (Å²) in [5.74, 6) is 0.788. The van der Waals surface area contributed by atoms with Crippen LogP contribution in [0.25, 0.3) is 0 Å². The second-order valence-corrected chi connectivity index (χ2v) is 9.71. The minimum atomic E-state index is -1.12. The summed E-state index contributed by atoms with van der Waals surface area (Å²) in [6, 6.07) is 16.2. The topological polar surface area (TPSA) is 61.9 Å². The Bertz CT molecular complexity index is 898. The lowest BCUT2D eigenvalue weighted by Gasteiger charge is -2.36. The van der Waals surface area contributed by atoms with Crippen molar-refractivity contribution < 1.29 is 13.7 Å². The Morgan fingerprint density at radius 2 is 1.81 bits per heavy atom. The smallest absolute Gasteiger partial charge is 0.236 e. The average molecular weight is 458 g/mol. The maximum atomic E-state index is 11.8. The molecule has 0 spiro atoms. The van der Waals surface area contributed by atoms with E-state index in [-0.39, 0.29) is 11.7 Å². The monoisotopic (exact) mass is 457 g/mol. The first-order valence-electron chi connectivity index (χ1n) is 11.3. The number of amides is 1. The van der Waals surface area contributed by atoms with Gasteiger partial charge < -0.3 is 15.0 Å². The third kappa shape index (κ3) is 7.64. The predicted molar refractivity (Wildman–Crippen MR) is 133 cm³/mol. The molecule has 1 fully saturated rings. The molecular formula is C25H35N3O3S. The molecule has 7 heteroatoms. The number of nitrogens with one attached hydrogen (secondary N) is 1. The van der Waals surface area contributed by atoms with Crippen LogP contribution in [0.15, 0.2) is 48.5 Å². The van der Waals surface area contributed by atoms with Gasteiger partial charge in [0.05, 0.1) is 12.8 Å². The minimum absolute atomic E-state index is 0.0391. The fraction of sp³-hybridized carbons (Fsp3) is 0.480. The summed E-state index contributed by atoms with van der Waals surface area (Å²) in [7, 11) is 0.611. The van der Waals surface area contributed by atoms with Crippen LogP contribution < -0.4 is 15.0 Å². The van der Waals surface area contributed by atoms with Gasteiger partial charge in [-0.05, 0) is 55.6 Å². The molecule has 1 N–H and O–H groups in total. The minimum Gasteiger partial charge on any atom is -0.495 e. The van der Waals surface area contributed by atoms with Crippen molar-refractivity contribution in [3.05, 3.63) is 54.1 Å². The van der Waals surface area contributed by atoms with Crippen molar-refractivity contribution >= 4 is 28.1 Å². The molecule has 174 valence electrons. The van der Waals surface area contributed by atoms with Gasteiger partial charge >= 0.3 is 0 Å². The quantitative estimate of drug-likeness (QED) is 0.523. The van der Waals surface area contributed by atoms with Crippen molar-refractivity contribution in [1.29, 1.82) is 0 Å². The summed E-state index contributed by atoms with van der Waals surface area (Å²) >= 11 is 0. The van der Waals surface area contributed by atoms with E-state index in [1.54, 1.807) is 7.11 Å². The van der Waals surface area contributed by atoms with Gasteiger partial charge in [0.1, 0.15) is 11.5 Å². The van der Waals surface area contributed by atoms with Gasteiger partial charge in [-0.15, -0.1) is 0 Å². The number of carbonyl (C=O) groups is 1. The summed E-state index contributed by atoms with van der Waals surface area (Å²) in [5, 5.41) is 2.83. The Balaban J connectivity index is 1.33. The number of ether oxygens (including phenoxy) is 1. The van der Waals surface area contributed by atoms with Crippen molar-refractivity contribution in [2.75, 3.05) is 62.1 Å². The Morgan fingerprint density at radius 3 is 2.56 bits per heavy atom. The van der Waals surface area contributed by atoms with Crippen molar-refractivity contribution in [2.45, 2.75) is 25.7 Å². The molecule has 1 saturated heterocycles. The standard InChI is InChI=1S/C25H35N3O3S/c1-31-24-13-6-5-12-23(24)28-17-15-27(16-18-28)14-7-3-4-9-21-10-8-11-22(19-21)26-25(29)20-32(2)30/h5-6,8,10-13,19H,3-4,7,9,14-18,20H2,1-2H3,(H,26,29). The molecule has 32 heavy (non-hydrogen) atoms. The maximum absolute atomic E-state index is 11.8. The lowest BCUT2D eigenvalue weighted by Crippen LogP contribution is -2.46. The van der Waals surface area contributed by atoms with Gasteiger partial charge in [0.2, 0.25) is 5.91 Å². The van der Waals surface area contributed by atoms with Crippen LogP contribution in [0.4, 0.5) is 11.4 Å². The molecule has 2 aromatic rings. The molecular weight excluding hydrogens is 422 g/mol. The van der Waals surface area contributed by atoms with Crippen LogP contribution in [-0.2, 0) is 22.0 Å². The number of aryl methyl sites for hydroxylation is 1. The van der Waals surface area contributed by atoms with Crippen molar-refractivity contribution in [2.24, 2.45) is 0 Å². The Kier molecular flexibility index (Phi) is 9.56. The Morgan fingerprint density at radius 1 is 1.03 bits per heavy atom. The van der Waals surface area contributed by atoms with Crippen LogP contribution in [0.2, 0.25) is 0 Å². The molecule has 0 radical (unpaired) electrons. The van der Waals surface area contributed by atoms with E-state index < -0.39 is 10.8 Å². The van der Waals surface area contributed by atoms with E-state index in [9.17, 15) is 9.00 Å². The lowest BCUT2D eigenvalue weighted by molar-refractivity contribution is -0.113. The molecule has 1 heterocycles. The summed E-state index contributed by atoms with van der Waals surface area (Å²) in [5.41, 5.74) is 3.20. The maximum Gasteiger partial charge on any atom is 0.236 e. The molecule has 0 bridgehead atoms. The number of carbonyl (C=O) groups excluding carboxylic acids is 1. The number of unbranched alkanes of at least 4 members (excludes halogenated alkanes) is 2. The highest BCUT2D eigenvalue weighted by Gasteiger charge is 2.19. The molecule has 1 unspecified atom stereocenters. The summed E-state index contributed by atoms with van der Waals surface area (Å²) in [6.07, 6.45) is 6.07. The second kappa shape index (κ2) is 12.6. The number of nitrogens with zero attached hydrogens (tertiary/aromatic N) is 2. The molecule has 0 saturated carbocycles. The normalized spacial score (nSPS) is 15.4. The van der Waals surface area contributed by atoms with Gasteiger partial charge in [-0.1, -0.05) is 30.7 Å². The van der Waals surface area contributed by atoms with Crippen molar-refractivity contribution in [1.82, 2.24) is 4.90 Å². The highest BCUT2D eigenvalue weighted by Crippen LogP contribution is 2.28. The van der Waals surface area contributed by atoms with Gasteiger partial charge in [-0.3, -0.25) is 13.9 Å². The number of para-hydroxylation sites is 2. The zero-order chi connectivity index (χ0) is 22.8. The summed E-state index contributed by atoms with van der Waals surface area (Å²) in [6.45, 7) is 5.38. The zero-order valence-electron chi connectivity index (χ0n) is 19.2. The molecule has 1 aliphatic rings. The Hall–Kier alpha value is -2.38. The first kappa shape index (κ1) is 24.3. The van der Waals surface area contributed by atoms with Crippen LogP contribution in [0.1, 0.15) is 24.8 Å². The van der Waals surface area contributed by atoms with Crippen molar-refractivity contribution in [3.8, 4) is 5.75 Å². The molecule has 3 rings (SSSR count). The lowest BCUT2D eigenvalue weighted by atomic mass is 10.1. The number of methoxy groups -OCH3 is 1. The third-order valence-corrected chi connectivity index (χ3v) is 6.45. The van der Waals surface area contributed by atoms with E-state index in [1.807, 2.05) is 30.3 Å². The van der Waals surface area contributed by atoms with E-state index in [2.05, 4.69) is 33.3 Å². The number of piperazine rings is 1. The van der Waals surface area contributed by atoms with Crippen molar-refractivity contribution in [3.63, 3.8) is 0 Å². The number of benzene rings is 2. The van der Waals surface area contributed by atoms with Gasteiger partial charge in [0.15, 0.2) is 0 Å². The summed E-state index contributed by atoms with van der Waals surface area (Å²) < 4.78 is 16.7. The van der Waals surface area contributed by atoms with E-state index in [0.29, 0.717) is 0 Å². The Labute approximate surface area is 194 Å². The first-order valence-corrected chi connectivity index (χ1v) is 13.1. The highest BCUT2D eigenvalue weighted by atomic mass is 32.2. The molecule has 1 aliphatic heterocycles. The molecule has 0 aliphatic carbocycles. The van der Waals surface area contributed by atoms with Gasteiger partial charge in [0, 0.05) is 48.9 Å². The largest absolute Gasteiger partial charge is 0.495 e. The second-order valence-electron chi connectivity index (χ2n) is 8.28. The van der Waals surface area contributed by atoms with E-state index in [4.69, 9.17) is 4.74 Å². The van der Waals surface area contributed by atoms with Crippen LogP contribution in [-0.4, -0.2) is 66.9 Å². The van der Waals surface area contributed by atoms with E-state index in [1.165, 1.54) is 30.3 Å². The molecule has 0 aromatic heterocycles. The summed E-state index contributed by atoms with van der Waals surface area (Å²) in [4.78, 5) is 16.8. The zero-order valence-corrected chi connectivity index (χ0v) is 20.0. The number of hydrogen-bond donors (Lipinski definition) is 1. The fourth-order valence-electron chi connectivity index (χ4n) is 4.13. The van der Waals surface area contributed by atoms with Crippen LogP contribution >= 0.6 is 0 Å². The number of anilines is 2. The first-order chi connectivity index (χ1) is 15.5. The van der Waals surface area contributed by atoms with E-state index >= 15 is 0 Å². The predicted octanol–water partition coefficient (Wildman–Crippen LogP) is 3.55. The molecule has 2 aromatic carbocycles. The van der Waals surface area contributed by atoms with Crippen LogP contribution in [0.3, 0.4) is 0 Å². The number of rotatable bonds is 11. The third-order valence-electron chi connectivity index (χ3n) is 5.78. The van der Waals surface area contributed by atoms with Gasteiger partial charge in [-0.25, -0.2) is 0 Å². The fourth-order valence-corrected chi connectivity index (χ4v) is 4.57. The highest BCUT2D eigenvalue weighted by molar-refractivity contribution is 7.85. The van der Waals surface area contributed by atoms with Crippen LogP contribution in [0.5, 0.6) is 5.75 Å². The molecule has 1 amide bonds. The molecule has 1 atom stereocenters. The van der Waals surface area contributed by atoms with E-state index in [0.717, 1.165) is 57.0 Å². The van der Waals surface area contributed by atoms with Gasteiger partial charge in [0.25, 0.3) is 0 Å². The average Bonchev–Trinajstić information content (AvgIpc) is 2.79.